The molecule has 2 rings (SSSR count). The lowest BCUT2D eigenvalue weighted by Crippen LogP contribution is -2.32. The van der Waals surface area contributed by atoms with E-state index >= 15 is 0 Å². The summed E-state index contributed by atoms with van der Waals surface area (Å²) in [5, 5.41) is 13.5. The van der Waals surface area contributed by atoms with Crippen molar-refractivity contribution >= 4 is 11.8 Å². The number of rotatable bonds is 5. The minimum atomic E-state index is -0.230. The first-order valence-corrected chi connectivity index (χ1v) is 7.78. The average Bonchev–Trinajstić information content (AvgIpc) is 2.35. The van der Waals surface area contributed by atoms with Crippen molar-refractivity contribution < 1.29 is 5.11 Å². The van der Waals surface area contributed by atoms with Crippen LogP contribution < -0.4 is 5.32 Å². The van der Waals surface area contributed by atoms with E-state index in [4.69, 9.17) is 0 Å². The molecule has 100 valence electrons. The second-order valence-corrected chi connectivity index (χ2v) is 6.56. The summed E-state index contributed by atoms with van der Waals surface area (Å²) in [6, 6.07) is 9.00. The van der Waals surface area contributed by atoms with Gasteiger partial charge in [-0.2, -0.15) is 0 Å². The minimum absolute atomic E-state index is 0.230. The molecular formula is C15H23NOS. The Bertz CT molecular complexity index is 381. The standard InChI is InChI=1S/C15H23NOS/c1-11(2)9-12(17)10-16-14-7-8-18-15-6-4-3-5-13(14)15/h3-6,11-12,14,16-17H,7-10H2,1-2H3. The number of thioether (sulfide) groups is 1. The van der Waals surface area contributed by atoms with Crippen molar-refractivity contribution in [1.29, 1.82) is 0 Å². The molecule has 2 unspecified atom stereocenters. The van der Waals surface area contributed by atoms with Gasteiger partial charge in [-0.1, -0.05) is 32.0 Å². The van der Waals surface area contributed by atoms with Crippen molar-refractivity contribution in [2.75, 3.05) is 12.3 Å². The zero-order valence-electron chi connectivity index (χ0n) is 11.2. The van der Waals surface area contributed by atoms with E-state index in [1.165, 1.54) is 10.5 Å². The number of fused-ring (bicyclic) bond motifs is 1. The Kier molecular flexibility index (Phi) is 5.10. The minimum Gasteiger partial charge on any atom is -0.392 e. The Labute approximate surface area is 114 Å². The fourth-order valence-corrected chi connectivity index (χ4v) is 3.59. The van der Waals surface area contributed by atoms with Gasteiger partial charge in [-0.25, -0.2) is 0 Å². The van der Waals surface area contributed by atoms with Crippen LogP contribution in [-0.2, 0) is 0 Å². The summed E-state index contributed by atoms with van der Waals surface area (Å²) in [7, 11) is 0. The van der Waals surface area contributed by atoms with Gasteiger partial charge < -0.3 is 10.4 Å². The Morgan fingerprint density at radius 2 is 2.17 bits per heavy atom. The van der Waals surface area contributed by atoms with Gasteiger partial charge in [0.15, 0.2) is 0 Å². The molecule has 2 N–H and O–H groups in total. The Morgan fingerprint density at radius 3 is 2.94 bits per heavy atom. The molecule has 1 aliphatic rings. The molecule has 0 aromatic heterocycles. The Morgan fingerprint density at radius 1 is 1.39 bits per heavy atom. The van der Waals surface area contributed by atoms with E-state index in [0.29, 0.717) is 18.5 Å². The van der Waals surface area contributed by atoms with Crippen LogP contribution in [0.1, 0.15) is 38.3 Å². The normalized spacial score (nSPS) is 20.8. The fraction of sp³-hybridized carbons (Fsp3) is 0.600. The third-order valence-electron chi connectivity index (χ3n) is 3.30. The monoisotopic (exact) mass is 265 g/mol. The van der Waals surface area contributed by atoms with E-state index in [0.717, 1.165) is 18.6 Å². The van der Waals surface area contributed by atoms with Gasteiger partial charge >= 0.3 is 0 Å². The highest BCUT2D eigenvalue weighted by molar-refractivity contribution is 7.99. The molecule has 1 aromatic rings. The first kappa shape index (κ1) is 13.9. The molecule has 0 fully saturated rings. The van der Waals surface area contributed by atoms with E-state index in [-0.39, 0.29) is 6.10 Å². The zero-order valence-corrected chi connectivity index (χ0v) is 12.0. The smallest absolute Gasteiger partial charge is 0.0667 e. The maximum Gasteiger partial charge on any atom is 0.0667 e. The van der Waals surface area contributed by atoms with Crippen LogP contribution in [0.25, 0.3) is 0 Å². The molecule has 18 heavy (non-hydrogen) atoms. The lowest BCUT2D eigenvalue weighted by molar-refractivity contribution is 0.142. The molecular weight excluding hydrogens is 242 g/mol. The molecule has 0 spiro atoms. The number of benzene rings is 1. The van der Waals surface area contributed by atoms with Crippen molar-refractivity contribution in [3.05, 3.63) is 29.8 Å². The highest BCUT2D eigenvalue weighted by atomic mass is 32.2. The van der Waals surface area contributed by atoms with Gasteiger partial charge in [0.05, 0.1) is 6.10 Å². The van der Waals surface area contributed by atoms with Crippen molar-refractivity contribution in [1.82, 2.24) is 5.32 Å². The number of hydrogen-bond acceptors (Lipinski definition) is 3. The predicted molar refractivity (Wildman–Crippen MR) is 78.0 cm³/mol. The molecule has 0 bridgehead atoms. The van der Waals surface area contributed by atoms with Crippen LogP contribution in [0.4, 0.5) is 0 Å². The first-order valence-electron chi connectivity index (χ1n) is 6.80. The topological polar surface area (TPSA) is 32.3 Å². The second-order valence-electron chi connectivity index (χ2n) is 5.42. The Balaban J connectivity index is 1.91. The quantitative estimate of drug-likeness (QED) is 0.857. The Hall–Kier alpha value is -0.510. The fourth-order valence-electron chi connectivity index (χ4n) is 2.46. The molecule has 0 saturated carbocycles. The maximum atomic E-state index is 9.93. The zero-order chi connectivity index (χ0) is 13.0. The number of hydrogen-bond donors (Lipinski definition) is 2. The summed E-state index contributed by atoms with van der Waals surface area (Å²) >= 11 is 1.93. The molecule has 2 atom stereocenters. The second kappa shape index (κ2) is 6.60. The molecule has 0 amide bonds. The van der Waals surface area contributed by atoms with Gasteiger partial charge in [0.25, 0.3) is 0 Å². The van der Waals surface area contributed by atoms with E-state index in [9.17, 15) is 5.11 Å². The highest BCUT2D eigenvalue weighted by Crippen LogP contribution is 2.35. The van der Waals surface area contributed by atoms with Gasteiger partial charge in [0.2, 0.25) is 0 Å². The van der Waals surface area contributed by atoms with Gasteiger partial charge in [0, 0.05) is 17.5 Å². The third-order valence-corrected chi connectivity index (χ3v) is 4.42. The molecule has 1 aliphatic heterocycles. The van der Waals surface area contributed by atoms with E-state index in [1.807, 2.05) is 11.8 Å². The summed E-state index contributed by atoms with van der Waals surface area (Å²) in [6.45, 7) is 4.99. The van der Waals surface area contributed by atoms with Crippen molar-refractivity contribution in [2.45, 2.75) is 43.7 Å². The predicted octanol–water partition coefficient (Wildman–Crippen LogP) is 3.22. The van der Waals surface area contributed by atoms with E-state index in [2.05, 4.69) is 43.4 Å². The first-order chi connectivity index (χ1) is 8.66. The number of aliphatic hydroxyl groups is 1. The molecule has 3 heteroatoms. The van der Waals surface area contributed by atoms with Crippen molar-refractivity contribution in [2.24, 2.45) is 5.92 Å². The van der Waals surface area contributed by atoms with Gasteiger partial charge in [-0.05, 0) is 36.1 Å². The SMILES string of the molecule is CC(C)CC(O)CNC1CCSc2ccccc21. The highest BCUT2D eigenvalue weighted by Gasteiger charge is 2.20. The largest absolute Gasteiger partial charge is 0.392 e. The van der Waals surface area contributed by atoms with E-state index in [1.54, 1.807) is 0 Å². The molecule has 1 aromatic carbocycles. The lowest BCUT2D eigenvalue weighted by atomic mass is 10.0. The van der Waals surface area contributed by atoms with Crippen molar-refractivity contribution in [3.8, 4) is 0 Å². The molecule has 1 heterocycles. The van der Waals surface area contributed by atoms with Crippen LogP contribution in [0.3, 0.4) is 0 Å². The molecule has 0 saturated heterocycles. The van der Waals surface area contributed by atoms with Crippen LogP contribution in [0, 0.1) is 5.92 Å². The van der Waals surface area contributed by atoms with Gasteiger partial charge in [0.1, 0.15) is 0 Å². The summed E-state index contributed by atoms with van der Waals surface area (Å²) in [6.07, 6.45) is 1.79. The van der Waals surface area contributed by atoms with Crippen LogP contribution in [0.15, 0.2) is 29.2 Å². The summed E-state index contributed by atoms with van der Waals surface area (Å²) in [5.41, 5.74) is 1.39. The number of nitrogens with one attached hydrogen (secondary N) is 1. The number of aliphatic hydroxyl groups excluding tert-OH is 1. The maximum absolute atomic E-state index is 9.93. The average molecular weight is 265 g/mol. The molecule has 0 radical (unpaired) electrons. The van der Waals surface area contributed by atoms with Gasteiger partial charge in [-0.3, -0.25) is 0 Å². The van der Waals surface area contributed by atoms with Crippen molar-refractivity contribution in [3.63, 3.8) is 0 Å². The summed E-state index contributed by atoms with van der Waals surface area (Å²) < 4.78 is 0. The van der Waals surface area contributed by atoms with Crippen LogP contribution >= 0.6 is 11.8 Å². The van der Waals surface area contributed by atoms with Gasteiger partial charge in [-0.15, -0.1) is 11.8 Å². The summed E-state index contributed by atoms with van der Waals surface area (Å²) in [4.78, 5) is 1.39. The summed E-state index contributed by atoms with van der Waals surface area (Å²) in [5.74, 6) is 1.71. The van der Waals surface area contributed by atoms with Crippen LogP contribution in [0.2, 0.25) is 0 Å². The molecule has 2 nitrogen and oxygen atoms in total. The molecule has 0 aliphatic carbocycles. The lowest BCUT2D eigenvalue weighted by Gasteiger charge is -2.27. The van der Waals surface area contributed by atoms with E-state index < -0.39 is 0 Å². The van der Waals surface area contributed by atoms with Crippen LogP contribution in [-0.4, -0.2) is 23.5 Å². The van der Waals surface area contributed by atoms with Crippen LogP contribution in [0.5, 0.6) is 0 Å². The third kappa shape index (κ3) is 3.74.